The molecule has 0 aromatic heterocycles. The number of aliphatic hydroxyl groups excluding tert-OH is 1. The Bertz CT molecular complexity index is 644. The molecule has 0 atom stereocenters. The van der Waals surface area contributed by atoms with Crippen LogP contribution in [-0.2, 0) is 5.41 Å². The van der Waals surface area contributed by atoms with Gasteiger partial charge < -0.3 is 5.11 Å². The van der Waals surface area contributed by atoms with Gasteiger partial charge >= 0.3 is 0 Å². The predicted molar refractivity (Wildman–Crippen MR) is 97.9 cm³/mol. The molecule has 0 bridgehead atoms. The first-order valence-corrected chi connectivity index (χ1v) is 7.99. The topological polar surface area (TPSA) is 37.3 Å². The minimum absolute atomic E-state index is 0.0134. The third kappa shape index (κ3) is 5.41. The largest absolute Gasteiger partial charge is 0.507 e. The Morgan fingerprint density at radius 1 is 0.870 bits per heavy atom. The third-order valence-corrected chi connectivity index (χ3v) is 3.37. The molecular formula is C21H26O2. The summed E-state index contributed by atoms with van der Waals surface area (Å²) in [7, 11) is 0. The Morgan fingerprint density at radius 3 is 1.87 bits per heavy atom. The Kier molecular flexibility index (Phi) is 6.77. The maximum atomic E-state index is 12.2. The van der Waals surface area contributed by atoms with Gasteiger partial charge in [0.2, 0.25) is 0 Å². The normalized spacial score (nSPS) is 11.4. The van der Waals surface area contributed by atoms with Crippen molar-refractivity contribution >= 4 is 11.5 Å². The molecular weight excluding hydrogens is 284 g/mol. The van der Waals surface area contributed by atoms with Gasteiger partial charge in [0, 0.05) is 17.2 Å². The third-order valence-electron chi connectivity index (χ3n) is 3.37. The van der Waals surface area contributed by atoms with Gasteiger partial charge in [0.05, 0.1) is 0 Å². The molecule has 23 heavy (non-hydrogen) atoms. The van der Waals surface area contributed by atoms with E-state index < -0.39 is 0 Å². The summed E-state index contributed by atoms with van der Waals surface area (Å²) < 4.78 is 0. The second-order valence-electron chi connectivity index (χ2n) is 6.09. The summed E-state index contributed by atoms with van der Waals surface area (Å²) in [4.78, 5) is 12.2. The summed E-state index contributed by atoms with van der Waals surface area (Å²) >= 11 is 0. The second-order valence-corrected chi connectivity index (χ2v) is 6.09. The lowest BCUT2D eigenvalue weighted by Gasteiger charge is -2.18. The molecule has 0 unspecified atom stereocenters. The fourth-order valence-electron chi connectivity index (χ4n) is 2.03. The van der Waals surface area contributed by atoms with Crippen molar-refractivity contribution in [1.82, 2.24) is 0 Å². The van der Waals surface area contributed by atoms with Crippen molar-refractivity contribution in [2.45, 2.75) is 40.0 Å². The minimum atomic E-state index is -0.197. The fraction of sp³-hybridized carbons (Fsp3) is 0.286. The Labute approximate surface area is 139 Å². The van der Waals surface area contributed by atoms with E-state index in [1.807, 2.05) is 44.2 Å². The molecule has 2 heteroatoms. The highest BCUT2D eigenvalue weighted by Crippen LogP contribution is 2.22. The van der Waals surface area contributed by atoms with Crippen LogP contribution in [0.25, 0.3) is 5.76 Å². The quantitative estimate of drug-likeness (QED) is 0.442. The lowest BCUT2D eigenvalue weighted by Crippen LogP contribution is -2.11. The van der Waals surface area contributed by atoms with Crippen LogP contribution in [0.5, 0.6) is 0 Å². The van der Waals surface area contributed by atoms with Gasteiger partial charge in [0.15, 0.2) is 5.78 Å². The molecule has 2 nitrogen and oxygen atoms in total. The summed E-state index contributed by atoms with van der Waals surface area (Å²) in [6.45, 7) is 10.4. The van der Waals surface area contributed by atoms with Gasteiger partial charge in [-0.15, -0.1) is 0 Å². The second kappa shape index (κ2) is 8.33. The fourth-order valence-corrected chi connectivity index (χ4v) is 2.03. The Hall–Kier alpha value is -2.35. The molecule has 0 saturated heterocycles. The number of carbonyl (C=O) groups is 1. The van der Waals surface area contributed by atoms with Gasteiger partial charge in [-0.25, -0.2) is 0 Å². The molecule has 0 amide bonds. The monoisotopic (exact) mass is 310 g/mol. The van der Waals surface area contributed by atoms with E-state index in [9.17, 15) is 9.90 Å². The molecule has 0 aliphatic carbocycles. The number of allylic oxidation sites excluding steroid dienone is 1. The minimum Gasteiger partial charge on any atom is -0.507 e. The van der Waals surface area contributed by atoms with Crippen molar-refractivity contribution in [3.05, 3.63) is 77.4 Å². The van der Waals surface area contributed by atoms with Gasteiger partial charge in [-0.1, -0.05) is 89.2 Å². The SMILES string of the molecule is CC.CC(C)(C)c1ccc(C(=O)C=C(O)c2ccccc2)cc1. The molecule has 2 aromatic carbocycles. The van der Waals surface area contributed by atoms with Crippen LogP contribution in [0.1, 0.15) is 56.1 Å². The van der Waals surface area contributed by atoms with E-state index in [1.165, 1.54) is 11.6 Å². The number of rotatable bonds is 3. The Balaban J connectivity index is 0.00000127. The van der Waals surface area contributed by atoms with E-state index >= 15 is 0 Å². The molecule has 0 spiro atoms. The van der Waals surface area contributed by atoms with Crippen LogP contribution in [-0.4, -0.2) is 10.9 Å². The highest BCUT2D eigenvalue weighted by Gasteiger charge is 2.14. The van der Waals surface area contributed by atoms with Crippen molar-refractivity contribution in [2.24, 2.45) is 0 Å². The van der Waals surface area contributed by atoms with E-state index in [0.29, 0.717) is 11.1 Å². The highest BCUT2D eigenvalue weighted by atomic mass is 16.3. The maximum Gasteiger partial charge on any atom is 0.189 e. The zero-order valence-corrected chi connectivity index (χ0v) is 14.6. The van der Waals surface area contributed by atoms with Gasteiger partial charge in [0.25, 0.3) is 0 Å². The van der Waals surface area contributed by atoms with Crippen LogP contribution < -0.4 is 0 Å². The first-order valence-electron chi connectivity index (χ1n) is 7.99. The van der Waals surface area contributed by atoms with Crippen molar-refractivity contribution in [3.8, 4) is 0 Å². The first-order chi connectivity index (χ1) is 10.9. The number of aliphatic hydroxyl groups is 1. The summed E-state index contributed by atoms with van der Waals surface area (Å²) in [5.74, 6) is -0.211. The molecule has 2 rings (SSSR count). The van der Waals surface area contributed by atoms with Crippen molar-refractivity contribution in [3.63, 3.8) is 0 Å². The van der Waals surface area contributed by atoms with Crippen molar-refractivity contribution < 1.29 is 9.90 Å². The molecule has 0 aliphatic rings. The standard InChI is InChI=1S/C19H20O2.C2H6/c1-19(2,3)16-11-9-15(10-12-16)18(21)13-17(20)14-7-5-4-6-8-14;1-2/h4-13,20H,1-3H3;1-2H3. The van der Waals surface area contributed by atoms with Crippen molar-refractivity contribution in [1.29, 1.82) is 0 Å². The summed E-state index contributed by atoms with van der Waals surface area (Å²) in [5.41, 5.74) is 2.45. The van der Waals surface area contributed by atoms with Crippen LogP contribution in [0.4, 0.5) is 0 Å². The zero-order valence-electron chi connectivity index (χ0n) is 14.6. The maximum absolute atomic E-state index is 12.2. The van der Waals surface area contributed by atoms with Crippen LogP contribution in [0.15, 0.2) is 60.7 Å². The summed E-state index contributed by atoms with van der Waals surface area (Å²) in [5, 5.41) is 9.98. The predicted octanol–water partition coefficient (Wildman–Crippen LogP) is 5.79. The first kappa shape index (κ1) is 18.7. The number of ketones is 1. The molecule has 0 radical (unpaired) electrons. The number of hydrogen-bond donors (Lipinski definition) is 1. The van der Waals surface area contributed by atoms with E-state index in [4.69, 9.17) is 0 Å². The molecule has 0 fully saturated rings. The zero-order chi connectivity index (χ0) is 17.5. The van der Waals surface area contributed by atoms with E-state index in [1.54, 1.807) is 24.3 Å². The van der Waals surface area contributed by atoms with Gasteiger partial charge in [0.1, 0.15) is 5.76 Å². The number of carbonyl (C=O) groups excluding carboxylic acids is 1. The lowest BCUT2D eigenvalue weighted by atomic mass is 9.86. The smallest absolute Gasteiger partial charge is 0.189 e. The van der Waals surface area contributed by atoms with Gasteiger partial charge in [-0.05, 0) is 11.0 Å². The molecule has 122 valence electrons. The number of hydrogen-bond acceptors (Lipinski definition) is 2. The van der Waals surface area contributed by atoms with Gasteiger partial charge in [-0.2, -0.15) is 0 Å². The highest BCUT2D eigenvalue weighted by molar-refractivity contribution is 6.07. The van der Waals surface area contributed by atoms with Crippen LogP contribution in [0, 0.1) is 0 Å². The average Bonchev–Trinajstić information content (AvgIpc) is 2.56. The summed E-state index contributed by atoms with van der Waals surface area (Å²) in [6.07, 6.45) is 1.27. The van der Waals surface area contributed by atoms with E-state index in [0.717, 1.165) is 0 Å². The lowest BCUT2D eigenvalue weighted by molar-refractivity contribution is 0.104. The van der Waals surface area contributed by atoms with Crippen LogP contribution in [0.3, 0.4) is 0 Å². The number of benzene rings is 2. The molecule has 2 aromatic rings. The van der Waals surface area contributed by atoms with Gasteiger partial charge in [-0.3, -0.25) is 4.79 Å². The molecule has 0 saturated carbocycles. The summed E-state index contributed by atoms with van der Waals surface area (Å²) in [6, 6.07) is 16.6. The van der Waals surface area contributed by atoms with E-state index in [2.05, 4.69) is 20.8 Å². The molecule has 0 aliphatic heterocycles. The van der Waals surface area contributed by atoms with Crippen LogP contribution in [0.2, 0.25) is 0 Å². The Morgan fingerprint density at radius 2 is 1.39 bits per heavy atom. The average molecular weight is 310 g/mol. The van der Waals surface area contributed by atoms with E-state index in [-0.39, 0.29) is 17.0 Å². The van der Waals surface area contributed by atoms with Crippen LogP contribution >= 0.6 is 0 Å². The molecule has 1 N–H and O–H groups in total. The molecule has 0 heterocycles. The van der Waals surface area contributed by atoms with Crippen molar-refractivity contribution in [2.75, 3.05) is 0 Å².